The van der Waals surface area contributed by atoms with Crippen LogP contribution in [0.2, 0.25) is 0 Å². The maximum Gasteiger partial charge on any atom is 0.147 e. The zero-order valence-electron chi connectivity index (χ0n) is 10.2. The molecule has 0 aliphatic rings. The number of benzene rings is 1. The van der Waals surface area contributed by atoms with E-state index in [1.807, 2.05) is 31.4 Å². The summed E-state index contributed by atoms with van der Waals surface area (Å²) in [5.41, 5.74) is 1.29. The second-order valence-corrected chi connectivity index (χ2v) is 3.90. The molecule has 1 aromatic heterocycles. The third-order valence-corrected chi connectivity index (χ3v) is 2.59. The highest BCUT2D eigenvalue weighted by atomic mass is 16.5. The summed E-state index contributed by atoms with van der Waals surface area (Å²) in [5.74, 6) is 1.81. The van der Waals surface area contributed by atoms with E-state index in [4.69, 9.17) is 4.74 Å². The topological polar surface area (TPSA) is 39.1 Å². The molecule has 0 saturated heterocycles. The van der Waals surface area contributed by atoms with Gasteiger partial charge in [-0.1, -0.05) is 12.1 Å². The number of nitrogens with one attached hydrogen (secondary N) is 1. The fourth-order valence-electron chi connectivity index (χ4n) is 1.64. The standard InChI is InChI=1S/C13H17N3O/c1-16-10-8-13(15-16)14-9-7-11-3-5-12(17-2)6-4-11/h3-6,8,10H,7,9H2,1-2H3,(H,14,15). The van der Waals surface area contributed by atoms with E-state index in [1.165, 1.54) is 5.56 Å². The third-order valence-electron chi connectivity index (χ3n) is 2.59. The molecule has 0 atom stereocenters. The number of methoxy groups -OCH3 is 1. The molecule has 1 N–H and O–H groups in total. The fourth-order valence-corrected chi connectivity index (χ4v) is 1.64. The number of aryl methyl sites for hydroxylation is 1. The Hall–Kier alpha value is -1.97. The maximum absolute atomic E-state index is 5.12. The minimum atomic E-state index is 0.878. The first-order valence-electron chi connectivity index (χ1n) is 5.64. The van der Waals surface area contributed by atoms with E-state index in [0.717, 1.165) is 24.5 Å². The van der Waals surface area contributed by atoms with Crippen LogP contribution in [-0.2, 0) is 13.5 Å². The lowest BCUT2D eigenvalue weighted by atomic mass is 10.1. The molecule has 2 rings (SSSR count). The van der Waals surface area contributed by atoms with Gasteiger partial charge in [0.2, 0.25) is 0 Å². The lowest BCUT2D eigenvalue weighted by Gasteiger charge is -2.04. The van der Waals surface area contributed by atoms with Crippen molar-refractivity contribution in [1.82, 2.24) is 9.78 Å². The molecule has 0 amide bonds. The van der Waals surface area contributed by atoms with E-state index in [-0.39, 0.29) is 0 Å². The third kappa shape index (κ3) is 3.24. The van der Waals surface area contributed by atoms with Crippen LogP contribution in [0.5, 0.6) is 5.75 Å². The molecular formula is C13H17N3O. The van der Waals surface area contributed by atoms with Gasteiger partial charge in [0.25, 0.3) is 0 Å². The van der Waals surface area contributed by atoms with Crippen molar-refractivity contribution >= 4 is 5.82 Å². The van der Waals surface area contributed by atoms with Crippen molar-refractivity contribution in [2.45, 2.75) is 6.42 Å². The smallest absolute Gasteiger partial charge is 0.147 e. The van der Waals surface area contributed by atoms with Crippen molar-refractivity contribution in [2.75, 3.05) is 19.0 Å². The first-order valence-corrected chi connectivity index (χ1v) is 5.64. The van der Waals surface area contributed by atoms with Crippen molar-refractivity contribution in [1.29, 1.82) is 0 Å². The number of anilines is 1. The normalized spacial score (nSPS) is 10.2. The zero-order valence-corrected chi connectivity index (χ0v) is 10.2. The minimum absolute atomic E-state index is 0.878. The van der Waals surface area contributed by atoms with Gasteiger partial charge >= 0.3 is 0 Å². The lowest BCUT2D eigenvalue weighted by Crippen LogP contribution is -2.05. The largest absolute Gasteiger partial charge is 0.497 e. The van der Waals surface area contributed by atoms with Crippen LogP contribution in [0, 0.1) is 0 Å². The van der Waals surface area contributed by atoms with Gasteiger partial charge in [0.15, 0.2) is 0 Å². The fraction of sp³-hybridized carbons (Fsp3) is 0.308. The predicted molar refractivity (Wildman–Crippen MR) is 68.4 cm³/mol. The average molecular weight is 231 g/mol. The van der Waals surface area contributed by atoms with Crippen LogP contribution >= 0.6 is 0 Å². The molecule has 0 spiro atoms. The van der Waals surface area contributed by atoms with Gasteiger partial charge < -0.3 is 10.1 Å². The highest BCUT2D eigenvalue weighted by Gasteiger charge is 1.97. The number of aromatic nitrogens is 2. The maximum atomic E-state index is 5.12. The minimum Gasteiger partial charge on any atom is -0.497 e. The van der Waals surface area contributed by atoms with Crippen molar-refractivity contribution in [3.05, 3.63) is 42.1 Å². The molecule has 0 unspecified atom stereocenters. The number of hydrogen-bond donors (Lipinski definition) is 1. The molecule has 1 aromatic carbocycles. The summed E-state index contributed by atoms with van der Waals surface area (Å²) in [5, 5.41) is 7.53. The number of ether oxygens (including phenoxy) is 1. The van der Waals surface area contributed by atoms with Crippen LogP contribution in [0.1, 0.15) is 5.56 Å². The van der Waals surface area contributed by atoms with E-state index >= 15 is 0 Å². The Balaban J connectivity index is 1.81. The van der Waals surface area contributed by atoms with Gasteiger partial charge in [-0.15, -0.1) is 0 Å². The Bertz CT molecular complexity index is 462. The van der Waals surface area contributed by atoms with Gasteiger partial charge in [-0.05, 0) is 24.1 Å². The second-order valence-electron chi connectivity index (χ2n) is 3.90. The van der Waals surface area contributed by atoms with Gasteiger partial charge in [-0.3, -0.25) is 4.68 Å². The van der Waals surface area contributed by atoms with Crippen LogP contribution in [0.15, 0.2) is 36.5 Å². The Labute approximate surface area is 101 Å². The van der Waals surface area contributed by atoms with Crippen LogP contribution in [-0.4, -0.2) is 23.4 Å². The monoisotopic (exact) mass is 231 g/mol. The van der Waals surface area contributed by atoms with Gasteiger partial charge in [-0.2, -0.15) is 5.10 Å². The van der Waals surface area contributed by atoms with E-state index in [2.05, 4.69) is 22.5 Å². The summed E-state index contributed by atoms with van der Waals surface area (Å²) in [4.78, 5) is 0. The predicted octanol–water partition coefficient (Wildman–Crippen LogP) is 2.08. The van der Waals surface area contributed by atoms with Gasteiger partial charge in [0, 0.05) is 25.9 Å². The summed E-state index contributed by atoms with van der Waals surface area (Å²) in [6, 6.07) is 10.1. The molecular weight excluding hydrogens is 214 g/mol. The molecule has 0 fully saturated rings. The summed E-state index contributed by atoms with van der Waals surface area (Å²) < 4.78 is 6.90. The Morgan fingerprint density at radius 2 is 2.00 bits per heavy atom. The molecule has 17 heavy (non-hydrogen) atoms. The quantitative estimate of drug-likeness (QED) is 0.856. The van der Waals surface area contributed by atoms with E-state index < -0.39 is 0 Å². The van der Waals surface area contributed by atoms with Crippen LogP contribution in [0.4, 0.5) is 5.82 Å². The zero-order chi connectivity index (χ0) is 12.1. The molecule has 0 radical (unpaired) electrons. The molecule has 2 aromatic rings. The van der Waals surface area contributed by atoms with Crippen molar-refractivity contribution in [3.63, 3.8) is 0 Å². The summed E-state index contributed by atoms with van der Waals surface area (Å²) in [7, 11) is 3.59. The Kier molecular flexibility index (Phi) is 3.65. The molecule has 4 nitrogen and oxygen atoms in total. The van der Waals surface area contributed by atoms with Crippen molar-refractivity contribution in [3.8, 4) is 5.75 Å². The molecule has 0 saturated carbocycles. The molecule has 1 heterocycles. The molecule has 0 aliphatic heterocycles. The first-order chi connectivity index (χ1) is 8.28. The highest BCUT2D eigenvalue weighted by Crippen LogP contribution is 2.11. The van der Waals surface area contributed by atoms with E-state index in [1.54, 1.807) is 11.8 Å². The van der Waals surface area contributed by atoms with Crippen molar-refractivity contribution in [2.24, 2.45) is 7.05 Å². The van der Waals surface area contributed by atoms with E-state index in [0.29, 0.717) is 0 Å². The number of nitrogens with zero attached hydrogens (tertiary/aromatic N) is 2. The number of rotatable bonds is 5. The van der Waals surface area contributed by atoms with Gasteiger partial charge in [0.1, 0.15) is 11.6 Å². The average Bonchev–Trinajstić information content (AvgIpc) is 2.76. The molecule has 0 aliphatic carbocycles. The molecule has 0 bridgehead atoms. The number of hydrogen-bond acceptors (Lipinski definition) is 3. The lowest BCUT2D eigenvalue weighted by molar-refractivity contribution is 0.414. The van der Waals surface area contributed by atoms with Gasteiger partial charge in [0.05, 0.1) is 7.11 Å². The van der Waals surface area contributed by atoms with Crippen LogP contribution in [0.3, 0.4) is 0 Å². The van der Waals surface area contributed by atoms with Crippen LogP contribution in [0.25, 0.3) is 0 Å². The van der Waals surface area contributed by atoms with Crippen molar-refractivity contribution < 1.29 is 4.74 Å². The Morgan fingerprint density at radius 1 is 1.24 bits per heavy atom. The summed E-state index contributed by atoms with van der Waals surface area (Å²) in [6.07, 6.45) is 2.90. The highest BCUT2D eigenvalue weighted by molar-refractivity contribution is 5.33. The molecule has 4 heteroatoms. The van der Waals surface area contributed by atoms with Gasteiger partial charge in [-0.25, -0.2) is 0 Å². The van der Waals surface area contributed by atoms with E-state index in [9.17, 15) is 0 Å². The molecule has 90 valence electrons. The SMILES string of the molecule is COc1ccc(CCNc2ccn(C)n2)cc1. The Morgan fingerprint density at radius 3 is 2.59 bits per heavy atom. The first kappa shape index (κ1) is 11.5. The van der Waals surface area contributed by atoms with Crippen LogP contribution < -0.4 is 10.1 Å². The summed E-state index contributed by atoms with van der Waals surface area (Å²) >= 11 is 0. The second kappa shape index (κ2) is 5.39. The summed E-state index contributed by atoms with van der Waals surface area (Å²) in [6.45, 7) is 0.878.